The normalized spacial score (nSPS) is 9.75. The first kappa shape index (κ1) is 12.4. The zero-order valence-electron chi connectivity index (χ0n) is 9.99. The Morgan fingerprint density at radius 2 is 1.81 bits per heavy atom. The van der Waals surface area contributed by atoms with Gasteiger partial charge in [0.1, 0.15) is 5.75 Å². The molecule has 88 valence electrons. The molecular weight excluding hydrogens is 208 g/mol. The van der Waals surface area contributed by atoms with Crippen molar-refractivity contribution in [1.82, 2.24) is 0 Å². The Kier molecular flexibility index (Phi) is 4.17. The lowest BCUT2D eigenvalue weighted by Gasteiger charge is -2.14. The third-order valence-electron chi connectivity index (χ3n) is 2.21. The summed E-state index contributed by atoms with van der Waals surface area (Å²) in [4.78, 5) is 10.9. The molecule has 0 amide bonds. The Hall–Kier alpha value is -1.71. The maximum atomic E-state index is 10.9. The average molecular weight is 224 g/mol. The molecule has 0 fully saturated rings. The van der Waals surface area contributed by atoms with Crippen LogP contribution in [0.1, 0.15) is 19.4 Å². The molecule has 16 heavy (non-hydrogen) atoms. The van der Waals surface area contributed by atoms with Crippen molar-refractivity contribution in [3.8, 4) is 17.2 Å². The molecule has 1 aromatic rings. The molecular formula is C12H16O4. The van der Waals surface area contributed by atoms with Crippen LogP contribution in [0.15, 0.2) is 12.1 Å². The molecule has 0 aromatic heterocycles. The van der Waals surface area contributed by atoms with Crippen molar-refractivity contribution in [3.63, 3.8) is 0 Å². The third kappa shape index (κ3) is 2.45. The van der Waals surface area contributed by atoms with Gasteiger partial charge in [-0.3, -0.25) is 4.79 Å². The van der Waals surface area contributed by atoms with Crippen LogP contribution in [0, 0.1) is 0 Å². The SMILES string of the molecule is CCc1c(OC(C)=O)ccc(OC)c1OC. The van der Waals surface area contributed by atoms with E-state index in [0.717, 1.165) is 5.56 Å². The molecule has 1 rings (SSSR count). The molecule has 0 saturated heterocycles. The van der Waals surface area contributed by atoms with Crippen molar-refractivity contribution in [3.05, 3.63) is 17.7 Å². The van der Waals surface area contributed by atoms with Crippen LogP contribution in [0.4, 0.5) is 0 Å². The van der Waals surface area contributed by atoms with Crippen molar-refractivity contribution in [2.24, 2.45) is 0 Å². The van der Waals surface area contributed by atoms with Gasteiger partial charge in [-0.1, -0.05) is 6.92 Å². The minimum Gasteiger partial charge on any atom is -0.493 e. The molecule has 1 aromatic carbocycles. The third-order valence-corrected chi connectivity index (χ3v) is 2.21. The van der Waals surface area contributed by atoms with Gasteiger partial charge in [0, 0.05) is 12.5 Å². The number of hydrogen-bond donors (Lipinski definition) is 0. The average Bonchev–Trinajstić information content (AvgIpc) is 2.27. The number of carbonyl (C=O) groups is 1. The first-order valence-corrected chi connectivity index (χ1v) is 5.06. The number of ether oxygens (including phenoxy) is 3. The first-order valence-electron chi connectivity index (χ1n) is 5.06. The van der Waals surface area contributed by atoms with Gasteiger partial charge in [0.2, 0.25) is 0 Å². The van der Waals surface area contributed by atoms with E-state index < -0.39 is 0 Å². The van der Waals surface area contributed by atoms with Crippen molar-refractivity contribution >= 4 is 5.97 Å². The van der Waals surface area contributed by atoms with E-state index in [1.165, 1.54) is 6.92 Å². The Morgan fingerprint density at radius 1 is 1.19 bits per heavy atom. The molecule has 0 aliphatic heterocycles. The van der Waals surface area contributed by atoms with Gasteiger partial charge >= 0.3 is 5.97 Å². The summed E-state index contributed by atoms with van der Waals surface area (Å²) < 4.78 is 15.5. The zero-order valence-corrected chi connectivity index (χ0v) is 9.99. The lowest BCUT2D eigenvalue weighted by atomic mass is 10.1. The van der Waals surface area contributed by atoms with Gasteiger partial charge in [-0.2, -0.15) is 0 Å². The maximum Gasteiger partial charge on any atom is 0.308 e. The molecule has 0 unspecified atom stereocenters. The van der Waals surface area contributed by atoms with Crippen LogP contribution in [-0.4, -0.2) is 20.2 Å². The summed E-state index contributed by atoms with van der Waals surface area (Å²) >= 11 is 0. The summed E-state index contributed by atoms with van der Waals surface area (Å²) in [6.45, 7) is 3.33. The molecule has 0 N–H and O–H groups in total. The van der Waals surface area contributed by atoms with Crippen LogP contribution in [-0.2, 0) is 11.2 Å². The summed E-state index contributed by atoms with van der Waals surface area (Å²) in [5, 5.41) is 0. The lowest BCUT2D eigenvalue weighted by molar-refractivity contribution is -0.131. The lowest BCUT2D eigenvalue weighted by Crippen LogP contribution is -2.05. The van der Waals surface area contributed by atoms with Crippen molar-refractivity contribution in [2.45, 2.75) is 20.3 Å². The fourth-order valence-electron chi connectivity index (χ4n) is 1.56. The molecule has 0 aliphatic rings. The summed E-state index contributed by atoms with van der Waals surface area (Å²) in [7, 11) is 3.14. The Balaban J connectivity index is 3.25. The second-order valence-corrected chi connectivity index (χ2v) is 3.22. The molecule has 0 aliphatic carbocycles. The number of rotatable bonds is 4. The van der Waals surface area contributed by atoms with Gasteiger partial charge in [-0.15, -0.1) is 0 Å². The minimum atomic E-state index is -0.345. The van der Waals surface area contributed by atoms with Gasteiger partial charge in [-0.05, 0) is 18.6 Å². The molecule has 0 atom stereocenters. The molecule has 0 radical (unpaired) electrons. The van der Waals surface area contributed by atoms with E-state index in [0.29, 0.717) is 23.7 Å². The maximum absolute atomic E-state index is 10.9. The second-order valence-electron chi connectivity index (χ2n) is 3.22. The fraction of sp³-hybridized carbons (Fsp3) is 0.417. The van der Waals surface area contributed by atoms with Crippen LogP contribution in [0.3, 0.4) is 0 Å². The van der Waals surface area contributed by atoms with E-state index in [2.05, 4.69) is 0 Å². The second kappa shape index (κ2) is 5.39. The molecule has 0 bridgehead atoms. The van der Waals surface area contributed by atoms with Crippen molar-refractivity contribution < 1.29 is 19.0 Å². The van der Waals surface area contributed by atoms with Gasteiger partial charge in [0.05, 0.1) is 14.2 Å². The van der Waals surface area contributed by atoms with Crippen LogP contribution in [0.2, 0.25) is 0 Å². The highest BCUT2D eigenvalue weighted by molar-refractivity contribution is 5.71. The molecule has 0 saturated carbocycles. The number of methoxy groups -OCH3 is 2. The summed E-state index contributed by atoms with van der Waals surface area (Å²) in [6, 6.07) is 3.43. The highest BCUT2D eigenvalue weighted by Gasteiger charge is 2.15. The number of carbonyl (C=O) groups excluding carboxylic acids is 1. The van der Waals surface area contributed by atoms with Crippen LogP contribution >= 0.6 is 0 Å². The number of esters is 1. The van der Waals surface area contributed by atoms with E-state index in [9.17, 15) is 4.79 Å². The largest absolute Gasteiger partial charge is 0.493 e. The Bertz CT molecular complexity index is 385. The van der Waals surface area contributed by atoms with Crippen LogP contribution in [0.5, 0.6) is 17.2 Å². The highest BCUT2D eigenvalue weighted by Crippen LogP contribution is 2.37. The van der Waals surface area contributed by atoms with Gasteiger partial charge < -0.3 is 14.2 Å². The number of benzene rings is 1. The summed E-state index contributed by atoms with van der Waals surface area (Å²) in [5.74, 6) is 1.42. The van der Waals surface area contributed by atoms with E-state index in [1.54, 1.807) is 26.4 Å². The quantitative estimate of drug-likeness (QED) is 0.581. The Morgan fingerprint density at radius 3 is 2.25 bits per heavy atom. The predicted octanol–water partition coefficient (Wildman–Crippen LogP) is 2.19. The molecule has 4 nitrogen and oxygen atoms in total. The molecule has 4 heteroatoms. The summed E-state index contributed by atoms with van der Waals surface area (Å²) in [5.41, 5.74) is 0.831. The smallest absolute Gasteiger partial charge is 0.308 e. The fourth-order valence-corrected chi connectivity index (χ4v) is 1.56. The molecule has 0 heterocycles. The standard InChI is InChI=1S/C12H16O4/c1-5-9-10(16-8(2)13)6-7-11(14-3)12(9)15-4/h6-7H,5H2,1-4H3. The van der Waals surface area contributed by atoms with Crippen LogP contribution in [0.25, 0.3) is 0 Å². The van der Waals surface area contributed by atoms with E-state index >= 15 is 0 Å². The van der Waals surface area contributed by atoms with E-state index in [4.69, 9.17) is 14.2 Å². The molecule has 0 spiro atoms. The van der Waals surface area contributed by atoms with Crippen molar-refractivity contribution in [2.75, 3.05) is 14.2 Å². The van der Waals surface area contributed by atoms with E-state index in [1.807, 2.05) is 6.92 Å². The van der Waals surface area contributed by atoms with Gasteiger partial charge in [0.25, 0.3) is 0 Å². The minimum absolute atomic E-state index is 0.345. The topological polar surface area (TPSA) is 44.8 Å². The highest BCUT2D eigenvalue weighted by atomic mass is 16.5. The van der Waals surface area contributed by atoms with Gasteiger partial charge in [0.15, 0.2) is 11.5 Å². The first-order chi connectivity index (χ1) is 7.63. The predicted molar refractivity (Wildman–Crippen MR) is 60.2 cm³/mol. The van der Waals surface area contributed by atoms with Gasteiger partial charge in [-0.25, -0.2) is 0 Å². The monoisotopic (exact) mass is 224 g/mol. The van der Waals surface area contributed by atoms with Crippen molar-refractivity contribution in [1.29, 1.82) is 0 Å². The van der Waals surface area contributed by atoms with E-state index in [-0.39, 0.29) is 5.97 Å². The number of hydrogen-bond acceptors (Lipinski definition) is 4. The zero-order chi connectivity index (χ0) is 12.1. The summed E-state index contributed by atoms with van der Waals surface area (Å²) in [6.07, 6.45) is 0.697. The van der Waals surface area contributed by atoms with Crippen LogP contribution < -0.4 is 14.2 Å². The Labute approximate surface area is 95.1 Å².